The number of carbonyl (C=O) groups is 6. The van der Waals surface area contributed by atoms with Crippen molar-refractivity contribution in [1.29, 1.82) is 0 Å². The lowest BCUT2D eigenvalue weighted by molar-refractivity contribution is -0.141. The summed E-state index contributed by atoms with van der Waals surface area (Å²) in [5, 5.41) is 24.6. The zero-order valence-electron chi connectivity index (χ0n) is 28.6. The number of hydrogen-bond donors (Lipinski definition) is 6. The first kappa shape index (κ1) is 38.3. The van der Waals surface area contributed by atoms with E-state index in [1.165, 1.54) is 11.8 Å². The summed E-state index contributed by atoms with van der Waals surface area (Å²) in [6.07, 6.45) is -0.300. The fraction of sp³-hybridized carbons (Fsp3) is 0.500. The van der Waals surface area contributed by atoms with Gasteiger partial charge in [-0.05, 0) is 49.3 Å². The fourth-order valence-electron chi connectivity index (χ4n) is 6.20. The molecule has 0 aliphatic carbocycles. The van der Waals surface area contributed by atoms with Gasteiger partial charge in [-0.15, -0.1) is 0 Å². The molecule has 0 radical (unpaired) electrons. The Labute approximate surface area is 297 Å². The highest BCUT2D eigenvalue weighted by atomic mass is 35.5. The molecule has 50 heavy (non-hydrogen) atoms. The maximum absolute atomic E-state index is 13.9. The predicted molar refractivity (Wildman–Crippen MR) is 187 cm³/mol. The second kappa shape index (κ2) is 18.0. The Morgan fingerprint density at radius 1 is 0.920 bits per heavy atom. The number of nitrogens with zero attached hydrogens (tertiary/aromatic N) is 1. The van der Waals surface area contributed by atoms with Gasteiger partial charge in [-0.1, -0.05) is 74.0 Å². The number of nitrogens with one attached hydrogen (secondary N) is 5. The Hall–Kier alpha value is -4.49. The van der Waals surface area contributed by atoms with E-state index < -0.39 is 71.8 Å². The van der Waals surface area contributed by atoms with Crippen molar-refractivity contribution in [1.82, 2.24) is 31.5 Å². The lowest BCUT2D eigenvalue weighted by Gasteiger charge is -2.29. The van der Waals surface area contributed by atoms with Gasteiger partial charge in [0.2, 0.25) is 35.4 Å². The summed E-state index contributed by atoms with van der Waals surface area (Å²) in [6, 6.07) is 10.6. The summed E-state index contributed by atoms with van der Waals surface area (Å²) in [5.41, 5.74) is 1.33. The molecule has 0 spiro atoms. The number of rotatable bonds is 7. The smallest absolute Gasteiger partial charge is 0.245 e. The minimum Gasteiger partial charge on any atom is -0.391 e. The first-order chi connectivity index (χ1) is 23.8. The van der Waals surface area contributed by atoms with Gasteiger partial charge in [0.05, 0.1) is 12.5 Å². The molecule has 0 saturated carbocycles. The van der Waals surface area contributed by atoms with Gasteiger partial charge in [0.1, 0.15) is 30.2 Å². The van der Waals surface area contributed by atoms with E-state index in [2.05, 4.69) is 26.6 Å². The van der Waals surface area contributed by atoms with Gasteiger partial charge in [-0.2, -0.15) is 0 Å². The van der Waals surface area contributed by atoms with Crippen LogP contribution in [0.15, 0.2) is 54.6 Å². The van der Waals surface area contributed by atoms with Gasteiger partial charge in [-0.25, -0.2) is 0 Å². The Kier molecular flexibility index (Phi) is 13.8. The van der Waals surface area contributed by atoms with Crippen molar-refractivity contribution in [2.24, 2.45) is 5.92 Å². The van der Waals surface area contributed by atoms with Crippen molar-refractivity contribution in [3.8, 4) is 0 Å². The molecule has 4 rings (SSSR count). The van der Waals surface area contributed by atoms with Gasteiger partial charge in [0.15, 0.2) is 0 Å². The largest absolute Gasteiger partial charge is 0.391 e. The van der Waals surface area contributed by atoms with E-state index in [-0.39, 0.29) is 57.5 Å². The van der Waals surface area contributed by atoms with Crippen molar-refractivity contribution in [3.05, 3.63) is 70.7 Å². The highest BCUT2D eigenvalue weighted by Crippen LogP contribution is 2.20. The first-order valence-electron chi connectivity index (χ1n) is 17.1. The maximum Gasteiger partial charge on any atom is 0.245 e. The molecule has 2 saturated heterocycles. The van der Waals surface area contributed by atoms with Crippen LogP contribution in [0, 0.1) is 5.92 Å². The van der Waals surface area contributed by atoms with E-state index >= 15 is 0 Å². The second-order valence-corrected chi connectivity index (χ2v) is 13.8. The number of amides is 6. The van der Waals surface area contributed by atoms with E-state index in [1.807, 2.05) is 32.0 Å². The van der Waals surface area contributed by atoms with Gasteiger partial charge < -0.3 is 36.6 Å². The van der Waals surface area contributed by atoms with Crippen LogP contribution in [0.2, 0.25) is 5.02 Å². The van der Waals surface area contributed by atoms with Gasteiger partial charge in [0, 0.05) is 31.0 Å². The van der Waals surface area contributed by atoms with Crippen molar-refractivity contribution in [3.63, 3.8) is 0 Å². The monoisotopic (exact) mass is 710 g/mol. The molecular weight excluding hydrogens is 664 g/mol. The van der Waals surface area contributed by atoms with Crippen LogP contribution >= 0.6 is 11.6 Å². The molecule has 270 valence electrons. The highest BCUT2D eigenvalue weighted by molar-refractivity contribution is 6.31. The zero-order valence-corrected chi connectivity index (χ0v) is 29.4. The number of aliphatic hydroxyl groups excluding tert-OH is 1. The highest BCUT2D eigenvalue weighted by Gasteiger charge is 2.41. The number of aliphatic hydroxyl groups is 1. The molecular formula is C36H47ClN6O7. The van der Waals surface area contributed by atoms with E-state index in [9.17, 15) is 33.9 Å². The summed E-state index contributed by atoms with van der Waals surface area (Å²) in [6.45, 7) is 5.28. The van der Waals surface area contributed by atoms with Crippen LogP contribution in [0.5, 0.6) is 0 Å². The van der Waals surface area contributed by atoms with Gasteiger partial charge in [0.25, 0.3) is 0 Å². The Morgan fingerprint density at radius 3 is 2.28 bits per heavy atom. The standard InChI is InChI=1S/C36H47ClN6O7/c1-21(2)16-28-33(47)39-22(3)36(50)43-20-25(44)19-30(43)35(49)38-15-9-14-27(40-31(45)18-24-12-7-8-13-26(24)37)32(46)42-29(34(48)41-28)17-23-10-5-4-6-11-23/h4-8,10-13,21-22,25,27-30,44H,9,14-20H2,1-3H3,(H,38,49)(H,39,47)(H,40,45)(H,41,48)(H,42,46)/t22-,25+,27-,28-,29+,30-/m0/s1. The average Bonchev–Trinajstić information content (AvgIpc) is 3.47. The summed E-state index contributed by atoms with van der Waals surface area (Å²) in [7, 11) is 0. The third-order valence-corrected chi connectivity index (χ3v) is 9.15. The number of halogens is 1. The summed E-state index contributed by atoms with van der Waals surface area (Å²) < 4.78 is 0. The lowest BCUT2D eigenvalue weighted by atomic mass is 10.00. The summed E-state index contributed by atoms with van der Waals surface area (Å²) in [5.74, 6) is -3.35. The first-order valence-corrected chi connectivity index (χ1v) is 17.4. The quantitative estimate of drug-likeness (QED) is 0.248. The van der Waals surface area contributed by atoms with E-state index in [0.29, 0.717) is 10.6 Å². The molecule has 2 aromatic rings. The molecule has 0 unspecified atom stereocenters. The molecule has 6 amide bonds. The third-order valence-electron chi connectivity index (χ3n) is 8.78. The van der Waals surface area contributed by atoms with Crippen LogP contribution in [0.25, 0.3) is 0 Å². The fourth-order valence-corrected chi connectivity index (χ4v) is 6.40. The lowest BCUT2D eigenvalue weighted by Crippen LogP contribution is -2.59. The topological polar surface area (TPSA) is 186 Å². The number of carbonyl (C=O) groups excluding carboxylic acids is 6. The Bertz CT molecular complexity index is 1540. The normalized spacial score (nSPS) is 25.8. The molecule has 0 aromatic heterocycles. The minimum atomic E-state index is -1.13. The number of fused-ring (bicyclic) bond motifs is 1. The second-order valence-electron chi connectivity index (χ2n) is 13.4. The van der Waals surface area contributed by atoms with Crippen LogP contribution < -0.4 is 26.6 Å². The minimum absolute atomic E-state index is 0.0240. The molecule has 13 nitrogen and oxygen atoms in total. The molecule has 6 atom stereocenters. The van der Waals surface area contributed by atoms with Crippen molar-refractivity contribution in [2.75, 3.05) is 13.1 Å². The van der Waals surface area contributed by atoms with Crippen LogP contribution in [-0.2, 0) is 41.6 Å². The number of hydrogen-bond acceptors (Lipinski definition) is 7. The molecule has 6 N–H and O–H groups in total. The average molecular weight is 711 g/mol. The maximum atomic E-state index is 13.9. The summed E-state index contributed by atoms with van der Waals surface area (Å²) >= 11 is 6.27. The molecule has 2 fully saturated rings. The van der Waals surface area contributed by atoms with Gasteiger partial charge >= 0.3 is 0 Å². The van der Waals surface area contributed by atoms with E-state index in [1.54, 1.807) is 36.4 Å². The molecule has 2 aliphatic heterocycles. The van der Waals surface area contributed by atoms with Crippen molar-refractivity contribution < 1.29 is 33.9 Å². The molecule has 2 heterocycles. The van der Waals surface area contributed by atoms with E-state index in [0.717, 1.165) is 5.56 Å². The van der Waals surface area contributed by atoms with Crippen LogP contribution in [0.1, 0.15) is 57.6 Å². The number of benzene rings is 2. The molecule has 2 aromatic carbocycles. The van der Waals surface area contributed by atoms with Crippen molar-refractivity contribution in [2.45, 2.75) is 95.6 Å². The van der Waals surface area contributed by atoms with Crippen LogP contribution in [0.4, 0.5) is 0 Å². The summed E-state index contributed by atoms with van der Waals surface area (Å²) in [4.78, 5) is 82.5. The zero-order chi connectivity index (χ0) is 36.4. The third kappa shape index (κ3) is 10.8. The molecule has 14 heteroatoms. The SMILES string of the molecule is CC(C)C[C@@H]1NC(=O)[C@@H](Cc2ccccc2)NC(=O)[C@@H](NC(=O)Cc2ccccc2Cl)CCCNC(=O)[C@@H]2C[C@@H](O)CN2C(=O)[C@H](C)NC1=O. The van der Waals surface area contributed by atoms with Crippen molar-refractivity contribution >= 4 is 47.0 Å². The predicted octanol–water partition coefficient (Wildman–Crippen LogP) is 1.00. The van der Waals surface area contributed by atoms with E-state index in [4.69, 9.17) is 11.6 Å². The Morgan fingerprint density at radius 2 is 1.58 bits per heavy atom. The molecule has 0 bridgehead atoms. The molecule has 2 aliphatic rings. The van der Waals surface area contributed by atoms with Crippen LogP contribution in [0.3, 0.4) is 0 Å². The van der Waals surface area contributed by atoms with Gasteiger partial charge in [-0.3, -0.25) is 28.8 Å². The van der Waals surface area contributed by atoms with Crippen LogP contribution in [-0.4, -0.2) is 94.9 Å². The Balaban J connectivity index is 1.64.